The number of anilines is 1. The largest absolute Gasteiger partial charge is 0.493 e. The molecule has 0 spiro atoms. The van der Waals surface area contributed by atoms with Gasteiger partial charge >= 0.3 is 0 Å². The van der Waals surface area contributed by atoms with Gasteiger partial charge in [-0.1, -0.05) is 31.2 Å². The number of ether oxygens (including phenoxy) is 3. The van der Waals surface area contributed by atoms with E-state index < -0.39 is 0 Å². The number of amides is 1. The van der Waals surface area contributed by atoms with Gasteiger partial charge in [0, 0.05) is 23.4 Å². The maximum absolute atomic E-state index is 12.5. The third-order valence-electron chi connectivity index (χ3n) is 5.45. The molecule has 0 radical (unpaired) electrons. The second-order valence-electron chi connectivity index (χ2n) is 7.68. The summed E-state index contributed by atoms with van der Waals surface area (Å²) in [6, 6.07) is 17.3. The molecule has 3 aromatic carbocycles. The van der Waals surface area contributed by atoms with Crippen LogP contribution in [0.25, 0.3) is 22.4 Å². The summed E-state index contributed by atoms with van der Waals surface area (Å²) < 4.78 is 16.4. The summed E-state index contributed by atoms with van der Waals surface area (Å²) in [6.07, 6.45) is 0.913. The number of carbonyl (C=O) groups is 1. The monoisotopic (exact) mass is 445 g/mol. The van der Waals surface area contributed by atoms with E-state index in [4.69, 9.17) is 14.2 Å². The van der Waals surface area contributed by atoms with E-state index in [2.05, 4.69) is 22.2 Å². The van der Waals surface area contributed by atoms with Crippen LogP contribution in [0.5, 0.6) is 17.2 Å². The molecule has 0 aliphatic carbocycles. The Hall–Kier alpha value is -4.00. The number of nitrogens with zero attached hydrogens (tertiary/aromatic N) is 1. The number of H-pyrrole nitrogens is 1. The van der Waals surface area contributed by atoms with Crippen LogP contribution in [-0.2, 0) is 11.2 Å². The zero-order chi connectivity index (χ0) is 23.4. The van der Waals surface area contributed by atoms with Crippen molar-refractivity contribution in [3.63, 3.8) is 0 Å². The number of carbonyl (C=O) groups excluding carboxylic acids is 1. The zero-order valence-corrected chi connectivity index (χ0v) is 19.2. The van der Waals surface area contributed by atoms with Gasteiger partial charge in [0.15, 0.2) is 18.1 Å². The molecule has 2 N–H and O–H groups in total. The van der Waals surface area contributed by atoms with Crippen molar-refractivity contribution in [3.8, 4) is 28.6 Å². The van der Waals surface area contributed by atoms with Crippen LogP contribution >= 0.6 is 0 Å². The van der Waals surface area contributed by atoms with Crippen LogP contribution in [0.2, 0.25) is 0 Å². The Labute approximate surface area is 192 Å². The number of nitrogens with one attached hydrogen (secondary N) is 2. The molecule has 7 heteroatoms. The second kappa shape index (κ2) is 9.65. The highest BCUT2D eigenvalue weighted by molar-refractivity contribution is 5.93. The predicted molar refractivity (Wildman–Crippen MR) is 129 cm³/mol. The van der Waals surface area contributed by atoms with Gasteiger partial charge < -0.3 is 24.5 Å². The lowest BCUT2D eigenvalue weighted by Crippen LogP contribution is -2.20. The van der Waals surface area contributed by atoms with Gasteiger partial charge in [0.2, 0.25) is 0 Å². The van der Waals surface area contributed by atoms with Gasteiger partial charge in [0.05, 0.1) is 25.3 Å². The minimum Gasteiger partial charge on any atom is -0.493 e. The minimum absolute atomic E-state index is 0.0684. The van der Waals surface area contributed by atoms with Crippen LogP contribution in [0.4, 0.5) is 5.69 Å². The van der Waals surface area contributed by atoms with E-state index in [9.17, 15) is 4.79 Å². The first kappa shape index (κ1) is 22.2. The Morgan fingerprint density at radius 2 is 1.82 bits per heavy atom. The highest BCUT2D eigenvalue weighted by atomic mass is 16.5. The number of rotatable bonds is 8. The number of hydrogen-bond donors (Lipinski definition) is 2. The fourth-order valence-corrected chi connectivity index (χ4v) is 3.57. The molecule has 0 atom stereocenters. The van der Waals surface area contributed by atoms with Gasteiger partial charge in [0.25, 0.3) is 5.91 Å². The van der Waals surface area contributed by atoms with E-state index in [-0.39, 0.29) is 12.5 Å². The van der Waals surface area contributed by atoms with Crippen LogP contribution < -0.4 is 19.5 Å². The standard InChI is InChI=1S/C26H27N3O4/c1-5-17-7-6-8-19(11-17)33-15-25(30)27-20-12-18(10-9-16(20)2)26-28-21-13-23(31-3)24(32-4)14-22(21)29-26/h6-14H,5,15H2,1-4H3,(H,27,30)(H,28,29). The SMILES string of the molecule is CCc1cccc(OCC(=O)Nc2cc(-c3nc4cc(OC)c(OC)cc4[nH]3)ccc2C)c1. The number of benzene rings is 3. The number of aromatic amines is 1. The van der Waals surface area contributed by atoms with Crippen LogP contribution in [0.3, 0.4) is 0 Å². The van der Waals surface area contributed by atoms with E-state index in [1.165, 1.54) is 0 Å². The molecule has 4 aromatic rings. The smallest absolute Gasteiger partial charge is 0.262 e. The van der Waals surface area contributed by atoms with Crippen molar-refractivity contribution >= 4 is 22.6 Å². The highest BCUT2D eigenvalue weighted by Crippen LogP contribution is 2.33. The van der Waals surface area contributed by atoms with Gasteiger partial charge in [-0.3, -0.25) is 4.79 Å². The first-order chi connectivity index (χ1) is 16.0. The number of fused-ring (bicyclic) bond motifs is 1. The molecule has 1 amide bonds. The number of imidazole rings is 1. The van der Waals surface area contributed by atoms with Crippen LogP contribution in [0, 0.1) is 6.92 Å². The molecule has 0 unspecified atom stereocenters. The number of aromatic nitrogens is 2. The molecule has 4 rings (SSSR count). The van der Waals surface area contributed by atoms with E-state index in [0.717, 1.165) is 34.1 Å². The summed E-state index contributed by atoms with van der Waals surface area (Å²) >= 11 is 0. The molecule has 7 nitrogen and oxygen atoms in total. The predicted octanol–water partition coefficient (Wildman–Crippen LogP) is 5.14. The zero-order valence-electron chi connectivity index (χ0n) is 19.2. The first-order valence-electron chi connectivity index (χ1n) is 10.7. The lowest BCUT2D eigenvalue weighted by molar-refractivity contribution is -0.118. The molecule has 1 heterocycles. The van der Waals surface area contributed by atoms with Crippen LogP contribution in [0.1, 0.15) is 18.1 Å². The van der Waals surface area contributed by atoms with Crippen LogP contribution in [-0.4, -0.2) is 36.7 Å². The average Bonchev–Trinajstić information content (AvgIpc) is 3.26. The normalized spacial score (nSPS) is 10.8. The van der Waals surface area contributed by atoms with Crippen molar-refractivity contribution in [2.75, 3.05) is 26.1 Å². The Morgan fingerprint density at radius 1 is 1.03 bits per heavy atom. The van der Waals surface area contributed by atoms with Crippen molar-refractivity contribution in [2.45, 2.75) is 20.3 Å². The van der Waals surface area contributed by atoms with Crippen molar-refractivity contribution in [3.05, 3.63) is 65.7 Å². The lowest BCUT2D eigenvalue weighted by Gasteiger charge is -2.11. The molecular formula is C26H27N3O4. The van der Waals surface area contributed by atoms with Gasteiger partial charge in [0.1, 0.15) is 11.6 Å². The second-order valence-corrected chi connectivity index (χ2v) is 7.68. The van der Waals surface area contributed by atoms with Crippen molar-refractivity contribution in [2.24, 2.45) is 0 Å². The van der Waals surface area contributed by atoms with E-state index in [1.807, 2.05) is 61.5 Å². The molecular weight excluding hydrogens is 418 g/mol. The molecule has 0 saturated carbocycles. The van der Waals surface area contributed by atoms with Crippen molar-refractivity contribution < 1.29 is 19.0 Å². The summed E-state index contributed by atoms with van der Waals surface area (Å²) in [4.78, 5) is 20.5. The molecule has 33 heavy (non-hydrogen) atoms. The Morgan fingerprint density at radius 3 is 2.58 bits per heavy atom. The van der Waals surface area contributed by atoms with E-state index in [1.54, 1.807) is 14.2 Å². The number of aryl methyl sites for hydroxylation is 2. The molecule has 1 aromatic heterocycles. The lowest BCUT2D eigenvalue weighted by atomic mass is 10.1. The van der Waals surface area contributed by atoms with Crippen molar-refractivity contribution in [1.82, 2.24) is 9.97 Å². The molecule has 170 valence electrons. The topological polar surface area (TPSA) is 85.5 Å². The molecule has 0 aliphatic heterocycles. The van der Waals surface area contributed by atoms with Gasteiger partial charge in [-0.15, -0.1) is 0 Å². The maximum atomic E-state index is 12.5. The maximum Gasteiger partial charge on any atom is 0.262 e. The van der Waals surface area contributed by atoms with Gasteiger partial charge in [-0.05, 0) is 42.7 Å². The summed E-state index contributed by atoms with van der Waals surface area (Å²) in [5.41, 5.74) is 5.26. The average molecular weight is 446 g/mol. The van der Waals surface area contributed by atoms with Crippen LogP contribution in [0.15, 0.2) is 54.6 Å². The Bertz CT molecular complexity index is 1260. The summed E-state index contributed by atoms with van der Waals surface area (Å²) in [5.74, 6) is 2.38. The van der Waals surface area contributed by atoms with Gasteiger partial charge in [-0.25, -0.2) is 4.98 Å². The third kappa shape index (κ3) is 4.92. The van der Waals surface area contributed by atoms with Gasteiger partial charge in [-0.2, -0.15) is 0 Å². The Kier molecular flexibility index (Phi) is 6.49. The minimum atomic E-state index is -0.226. The van der Waals surface area contributed by atoms with E-state index in [0.29, 0.717) is 28.8 Å². The van der Waals surface area contributed by atoms with Crippen molar-refractivity contribution in [1.29, 1.82) is 0 Å². The molecule has 0 fully saturated rings. The summed E-state index contributed by atoms with van der Waals surface area (Å²) in [7, 11) is 3.19. The number of methoxy groups -OCH3 is 2. The Balaban J connectivity index is 1.52. The first-order valence-corrected chi connectivity index (χ1v) is 10.7. The van der Waals surface area contributed by atoms with E-state index >= 15 is 0 Å². The third-order valence-corrected chi connectivity index (χ3v) is 5.45. The fraction of sp³-hybridized carbons (Fsp3) is 0.231. The highest BCUT2D eigenvalue weighted by Gasteiger charge is 2.13. The summed E-state index contributed by atoms with van der Waals surface area (Å²) in [6.45, 7) is 3.96. The number of hydrogen-bond acceptors (Lipinski definition) is 5. The fourth-order valence-electron chi connectivity index (χ4n) is 3.57. The quantitative estimate of drug-likeness (QED) is 0.392. The summed E-state index contributed by atoms with van der Waals surface area (Å²) in [5, 5.41) is 2.94. The molecule has 0 saturated heterocycles. The molecule has 0 aliphatic rings. The molecule has 0 bridgehead atoms.